The van der Waals surface area contributed by atoms with E-state index in [-0.39, 0.29) is 18.2 Å². The number of nitrogens with one attached hydrogen (secondary N) is 3. The maximum absolute atomic E-state index is 12.6. The molecule has 152 valence electrons. The quantitative estimate of drug-likeness (QED) is 0.398. The summed E-state index contributed by atoms with van der Waals surface area (Å²) in [6.45, 7) is 5.85. The molecule has 0 bridgehead atoms. The maximum atomic E-state index is 12.6. The van der Waals surface area contributed by atoms with Gasteiger partial charge in [-0.05, 0) is 24.0 Å². The minimum Gasteiger partial charge on any atom is -0.357 e. The normalized spacial score (nSPS) is 19.6. The lowest BCUT2D eigenvalue weighted by Crippen LogP contribution is -2.54. The molecule has 1 aliphatic rings. The predicted octanol–water partition coefficient (Wildman–Crippen LogP) is 1.45. The van der Waals surface area contributed by atoms with Crippen molar-refractivity contribution in [3.05, 3.63) is 29.8 Å². The highest BCUT2D eigenvalue weighted by molar-refractivity contribution is 6.09. The van der Waals surface area contributed by atoms with Crippen molar-refractivity contribution < 1.29 is 19.6 Å². The van der Waals surface area contributed by atoms with Gasteiger partial charge in [-0.2, -0.15) is 0 Å². The Hall–Kier alpha value is -2.74. The van der Waals surface area contributed by atoms with Gasteiger partial charge in [0, 0.05) is 25.6 Å². The van der Waals surface area contributed by atoms with Gasteiger partial charge in [0.1, 0.15) is 11.5 Å². The Morgan fingerprint density at radius 3 is 2.43 bits per heavy atom. The second-order valence-electron chi connectivity index (χ2n) is 7.60. The van der Waals surface area contributed by atoms with E-state index in [9.17, 15) is 19.6 Å². The Balaban J connectivity index is 2.34. The van der Waals surface area contributed by atoms with Crippen molar-refractivity contribution in [1.29, 1.82) is 0 Å². The van der Waals surface area contributed by atoms with E-state index in [0.29, 0.717) is 23.6 Å². The summed E-state index contributed by atoms with van der Waals surface area (Å²) in [5.41, 5.74) is 1.47. The van der Waals surface area contributed by atoms with Crippen LogP contribution < -0.4 is 16.1 Å². The van der Waals surface area contributed by atoms with E-state index in [1.165, 1.54) is 13.3 Å². The number of hydrogen-bond donors (Lipinski definition) is 4. The lowest BCUT2D eigenvalue weighted by atomic mass is 9.76. The fraction of sp³-hybridized carbons (Fsp3) is 0.500. The molecule has 8 heteroatoms. The highest BCUT2D eigenvalue weighted by Crippen LogP contribution is 2.40. The molecule has 1 aromatic carbocycles. The van der Waals surface area contributed by atoms with Gasteiger partial charge in [0.2, 0.25) is 11.8 Å². The number of rotatable bonds is 8. The summed E-state index contributed by atoms with van der Waals surface area (Å²) >= 11 is 0. The lowest BCUT2D eigenvalue weighted by molar-refractivity contribution is -0.135. The molecule has 3 atom stereocenters. The molecule has 0 aromatic heterocycles. The van der Waals surface area contributed by atoms with E-state index in [0.717, 1.165) is 0 Å². The van der Waals surface area contributed by atoms with Gasteiger partial charge in [0.15, 0.2) is 0 Å². The molecule has 1 aliphatic heterocycles. The first-order valence-electron chi connectivity index (χ1n) is 9.36. The molecule has 4 N–H and O–H groups in total. The summed E-state index contributed by atoms with van der Waals surface area (Å²) in [6, 6.07) is 6.04. The van der Waals surface area contributed by atoms with Crippen molar-refractivity contribution in [2.45, 2.75) is 45.1 Å². The van der Waals surface area contributed by atoms with Crippen LogP contribution in [0.2, 0.25) is 0 Å². The third-order valence-corrected chi connectivity index (χ3v) is 4.99. The van der Waals surface area contributed by atoms with Gasteiger partial charge in [0.05, 0.1) is 5.69 Å². The van der Waals surface area contributed by atoms with Crippen molar-refractivity contribution in [3.8, 4) is 0 Å². The van der Waals surface area contributed by atoms with Crippen LogP contribution in [-0.2, 0) is 19.8 Å². The molecule has 3 amide bonds. The van der Waals surface area contributed by atoms with E-state index < -0.39 is 23.3 Å². The molecule has 1 aromatic rings. The van der Waals surface area contributed by atoms with Gasteiger partial charge in [-0.15, -0.1) is 0 Å². The van der Waals surface area contributed by atoms with Crippen LogP contribution in [0.25, 0.3) is 0 Å². The van der Waals surface area contributed by atoms with Crippen LogP contribution in [-0.4, -0.2) is 42.2 Å². The molecular weight excluding hydrogens is 360 g/mol. The van der Waals surface area contributed by atoms with Gasteiger partial charge in [-0.3, -0.25) is 24.6 Å². The van der Waals surface area contributed by atoms with Crippen LogP contribution in [0.3, 0.4) is 0 Å². The van der Waals surface area contributed by atoms with E-state index in [1.807, 2.05) is 13.8 Å². The number of nitrogens with zero attached hydrogens (tertiary/aromatic N) is 1. The van der Waals surface area contributed by atoms with E-state index in [4.69, 9.17) is 0 Å². The number of para-hydroxylation sites is 1. The van der Waals surface area contributed by atoms with Crippen LogP contribution in [0, 0.1) is 11.8 Å². The van der Waals surface area contributed by atoms with Crippen molar-refractivity contribution in [2.24, 2.45) is 16.8 Å². The average molecular weight is 388 g/mol. The van der Waals surface area contributed by atoms with Crippen molar-refractivity contribution >= 4 is 29.6 Å². The number of hydroxylamine groups is 1. The minimum absolute atomic E-state index is 0.0697. The summed E-state index contributed by atoms with van der Waals surface area (Å²) in [4.78, 5) is 42.0. The number of carbonyl (C=O) groups is 3. The number of fused-ring (bicyclic) bond motifs is 1. The van der Waals surface area contributed by atoms with Gasteiger partial charge >= 0.3 is 0 Å². The summed E-state index contributed by atoms with van der Waals surface area (Å²) in [6.07, 6.45) is 2.03. The molecular formula is C20H28N4O4. The molecule has 0 radical (unpaired) electrons. The Bertz CT molecular complexity index is 777. The molecule has 2 rings (SSSR count). The molecule has 1 unspecified atom stereocenters. The van der Waals surface area contributed by atoms with Gasteiger partial charge in [-0.25, -0.2) is 5.48 Å². The Morgan fingerprint density at radius 2 is 1.82 bits per heavy atom. The van der Waals surface area contributed by atoms with Crippen molar-refractivity contribution in [3.63, 3.8) is 0 Å². The molecule has 0 spiro atoms. The highest BCUT2D eigenvalue weighted by Gasteiger charge is 2.46. The number of carbonyl (C=O) groups excluding carboxylic acids is 3. The third kappa shape index (κ3) is 4.39. The molecule has 1 heterocycles. The number of hydrogen-bond acceptors (Lipinski definition) is 5. The molecule has 28 heavy (non-hydrogen) atoms. The number of likely N-dealkylation sites (N-methyl/N-ethyl adjacent to an activating group) is 1. The summed E-state index contributed by atoms with van der Waals surface area (Å²) in [5.74, 6) is -1.34. The van der Waals surface area contributed by atoms with Gasteiger partial charge < -0.3 is 10.6 Å². The molecule has 0 aliphatic carbocycles. The first-order chi connectivity index (χ1) is 13.2. The van der Waals surface area contributed by atoms with E-state index in [2.05, 4.69) is 15.6 Å². The summed E-state index contributed by atoms with van der Waals surface area (Å²) in [7, 11) is 1.47. The zero-order valence-electron chi connectivity index (χ0n) is 16.7. The van der Waals surface area contributed by atoms with Crippen molar-refractivity contribution in [2.75, 3.05) is 7.05 Å². The minimum atomic E-state index is -1.36. The standard InChI is InChI=1S/C20H28N4O4/c1-12(2)9-13(3)17(25)23-16(18(26)21-4)10-20(19(27)24-28)11-22-15-8-6-5-7-14(15)20/h5-8,11-13,16,28H,9-10H2,1-4H3,(H,21,26)(H,23,25)(H,24,27)/t13-,16-,20?/m0/s1. The largest absolute Gasteiger partial charge is 0.357 e. The van der Waals surface area contributed by atoms with Crippen LogP contribution in [0.1, 0.15) is 39.2 Å². The lowest BCUT2D eigenvalue weighted by Gasteiger charge is -2.30. The molecule has 0 saturated heterocycles. The average Bonchev–Trinajstić information content (AvgIpc) is 3.05. The van der Waals surface area contributed by atoms with Crippen LogP contribution >= 0.6 is 0 Å². The Kier molecular flexibility index (Phi) is 6.90. The topological polar surface area (TPSA) is 120 Å². The van der Waals surface area contributed by atoms with Crippen molar-refractivity contribution in [1.82, 2.24) is 16.1 Å². The SMILES string of the molecule is CNC(=O)[C@H](CC1(C(=O)NO)C=Nc2ccccc21)NC(=O)[C@@H](C)CC(C)C. The zero-order chi connectivity index (χ0) is 20.9. The smallest absolute Gasteiger partial charge is 0.259 e. The monoisotopic (exact) mass is 388 g/mol. The van der Waals surface area contributed by atoms with E-state index >= 15 is 0 Å². The Morgan fingerprint density at radius 1 is 1.14 bits per heavy atom. The Labute approximate surface area is 164 Å². The molecule has 0 fully saturated rings. The zero-order valence-corrected chi connectivity index (χ0v) is 16.7. The fourth-order valence-electron chi connectivity index (χ4n) is 3.58. The number of amides is 3. The summed E-state index contributed by atoms with van der Waals surface area (Å²) in [5, 5.41) is 14.6. The third-order valence-electron chi connectivity index (χ3n) is 4.99. The molecule has 8 nitrogen and oxygen atoms in total. The first-order valence-corrected chi connectivity index (χ1v) is 9.36. The summed E-state index contributed by atoms with van der Waals surface area (Å²) < 4.78 is 0. The van der Waals surface area contributed by atoms with Gasteiger partial charge in [0.25, 0.3) is 5.91 Å². The predicted molar refractivity (Wildman–Crippen MR) is 105 cm³/mol. The molecule has 0 saturated carbocycles. The maximum Gasteiger partial charge on any atom is 0.259 e. The fourth-order valence-corrected chi connectivity index (χ4v) is 3.58. The second-order valence-corrected chi connectivity index (χ2v) is 7.60. The van der Waals surface area contributed by atoms with Gasteiger partial charge in [-0.1, -0.05) is 39.0 Å². The van der Waals surface area contributed by atoms with Crippen LogP contribution in [0.5, 0.6) is 0 Å². The van der Waals surface area contributed by atoms with Crippen LogP contribution in [0.4, 0.5) is 5.69 Å². The highest BCUT2D eigenvalue weighted by atomic mass is 16.5. The number of aliphatic imine (C=N–C) groups is 1. The number of benzene rings is 1. The second kappa shape index (κ2) is 8.97. The first kappa shape index (κ1) is 21.6. The van der Waals surface area contributed by atoms with Crippen LogP contribution in [0.15, 0.2) is 29.3 Å². The van der Waals surface area contributed by atoms with E-state index in [1.54, 1.807) is 36.7 Å².